The van der Waals surface area contributed by atoms with Gasteiger partial charge in [-0.2, -0.15) is 0 Å². The molecule has 4 rings (SSSR count). The zero-order valence-corrected chi connectivity index (χ0v) is 13.2. The standard InChI is InChI=1S/C20H22N2O/c21-19-11-10-17-12-22(13-18(17)19)20(23)16-8-6-15(7-9-16)14-4-2-1-3-5-14/h1-9,17-19H,10-13,21H2. The summed E-state index contributed by atoms with van der Waals surface area (Å²) in [4.78, 5) is 14.7. The van der Waals surface area contributed by atoms with Crippen LogP contribution in [0.4, 0.5) is 0 Å². The molecule has 0 spiro atoms. The van der Waals surface area contributed by atoms with Crippen molar-refractivity contribution in [1.82, 2.24) is 4.90 Å². The van der Waals surface area contributed by atoms with Gasteiger partial charge in [-0.05, 0) is 47.9 Å². The molecule has 3 unspecified atom stereocenters. The molecule has 3 nitrogen and oxygen atoms in total. The number of carbonyl (C=O) groups excluding carboxylic acids is 1. The van der Waals surface area contributed by atoms with Crippen LogP contribution in [0.2, 0.25) is 0 Å². The molecule has 1 saturated carbocycles. The van der Waals surface area contributed by atoms with Crippen molar-refractivity contribution < 1.29 is 4.79 Å². The van der Waals surface area contributed by atoms with Crippen molar-refractivity contribution in [2.75, 3.05) is 13.1 Å². The largest absolute Gasteiger partial charge is 0.338 e. The van der Waals surface area contributed by atoms with Gasteiger partial charge in [-0.15, -0.1) is 0 Å². The van der Waals surface area contributed by atoms with Gasteiger partial charge in [-0.25, -0.2) is 0 Å². The summed E-state index contributed by atoms with van der Waals surface area (Å²) < 4.78 is 0. The molecule has 3 heteroatoms. The minimum absolute atomic E-state index is 0.145. The van der Waals surface area contributed by atoms with E-state index in [1.54, 1.807) is 0 Å². The monoisotopic (exact) mass is 306 g/mol. The van der Waals surface area contributed by atoms with Crippen LogP contribution in [-0.4, -0.2) is 29.9 Å². The fraction of sp³-hybridized carbons (Fsp3) is 0.350. The van der Waals surface area contributed by atoms with Crippen molar-refractivity contribution in [2.45, 2.75) is 18.9 Å². The highest BCUT2D eigenvalue weighted by atomic mass is 16.2. The number of fused-ring (bicyclic) bond motifs is 1. The second kappa shape index (κ2) is 5.82. The topological polar surface area (TPSA) is 46.3 Å². The number of nitrogens with zero attached hydrogens (tertiary/aromatic N) is 1. The highest BCUT2D eigenvalue weighted by molar-refractivity contribution is 5.95. The molecule has 1 heterocycles. The minimum atomic E-state index is 0.145. The molecule has 1 aliphatic carbocycles. The van der Waals surface area contributed by atoms with Crippen LogP contribution in [0.5, 0.6) is 0 Å². The van der Waals surface area contributed by atoms with Crippen LogP contribution in [0.3, 0.4) is 0 Å². The molecule has 0 bridgehead atoms. The maximum atomic E-state index is 12.7. The molecule has 2 N–H and O–H groups in total. The van der Waals surface area contributed by atoms with Crippen LogP contribution in [0.25, 0.3) is 11.1 Å². The number of carbonyl (C=O) groups is 1. The molecule has 2 fully saturated rings. The summed E-state index contributed by atoms with van der Waals surface area (Å²) in [5.41, 5.74) is 9.26. The third-order valence-corrected chi connectivity index (χ3v) is 5.44. The summed E-state index contributed by atoms with van der Waals surface area (Å²) in [5, 5.41) is 0. The van der Waals surface area contributed by atoms with Gasteiger partial charge in [0.15, 0.2) is 0 Å². The zero-order valence-electron chi connectivity index (χ0n) is 13.2. The van der Waals surface area contributed by atoms with Gasteiger partial charge >= 0.3 is 0 Å². The van der Waals surface area contributed by atoms with E-state index in [1.165, 1.54) is 12.0 Å². The lowest BCUT2D eigenvalue weighted by Crippen LogP contribution is -2.33. The van der Waals surface area contributed by atoms with Crippen molar-refractivity contribution in [1.29, 1.82) is 0 Å². The van der Waals surface area contributed by atoms with E-state index in [9.17, 15) is 4.79 Å². The molecule has 3 atom stereocenters. The molecule has 1 amide bonds. The van der Waals surface area contributed by atoms with Gasteiger partial charge < -0.3 is 10.6 Å². The molecule has 2 aromatic rings. The first-order chi connectivity index (χ1) is 11.2. The summed E-state index contributed by atoms with van der Waals surface area (Å²) in [6.07, 6.45) is 2.28. The summed E-state index contributed by atoms with van der Waals surface area (Å²) in [7, 11) is 0. The lowest BCUT2D eigenvalue weighted by molar-refractivity contribution is 0.0779. The number of nitrogens with two attached hydrogens (primary N) is 1. The Hall–Kier alpha value is -2.13. The molecule has 1 aliphatic heterocycles. The third-order valence-electron chi connectivity index (χ3n) is 5.44. The molecule has 0 radical (unpaired) electrons. The lowest BCUT2D eigenvalue weighted by Gasteiger charge is -2.19. The van der Waals surface area contributed by atoms with Gasteiger partial charge in [-0.1, -0.05) is 42.5 Å². The van der Waals surface area contributed by atoms with Gasteiger partial charge in [0.25, 0.3) is 5.91 Å². The summed E-state index contributed by atoms with van der Waals surface area (Å²) in [6.45, 7) is 1.70. The Balaban J connectivity index is 1.49. The smallest absolute Gasteiger partial charge is 0.253 e. The van der Waals surface area contributed by atoms with Crippen LogP contribution in [0.1, 0.15) is 23.2 Å². The van der Waals surface area contributed by atoms with Gasteiger partial charge in [0.05, 0.1) is 0 Å². The Morgan fingerprint density at radius 1 is 0.913 bits per heavy atom. The van der Waals surface area contributed by atoms with Crippen molar-refractivity contribution in [2.24, 2.45) is 17.6 Å². The van der Waals surface area contributed by atoms with Crippen molar-refractivity contribution in [3.05, 3.63) is 60.2 Å². The summed E-state index contributed by atoms with van der Waals surface area (Å²) >= 11 is 0. The highest BCUT2D eigenvalue weighted by Crippen LogP contribution is 2.37. The molecular weight excluding hydrogens is 284 g/mol. The maximum absolute atomic E-state index is 12.7. The van der Waals surface area contributed by atoms with Gasteiger partial charge in [-0.3, -0.25) is 4.79 Å². The molecule has 0 aromatic heterocycles. The van der Waals surface area contributed by atoms with E-state index in [0.29, 0.717) is 11.8 Å². The van der Waals surface area contributed by atoms with E-state index in [2.05, 4.69) is 12.1 Å². The number of likely N-dealkylation sites (tertiary alicyclic amines) is 1. The first-order valence-electron chi connectivity index (χ1n) is 8.43. The predicted octanol–water partition coefficient (Wildman–Crippen LogP) is 3.16. The third kappa shape index (κ3) is 2.66. The molecule has 118 valence electrons. The van der Waals surface area contributed by atoms with Crippen LogP contribution in [0, 0.1) is 11.8 Å². The summed E-state index contributed by atoms with van der Waals surface area (Å²) in [6, 6.07) is 18.5. The quantitative estimate of drug-likeness (QED) is 0.926. The van der Waals surface area contributed by atoms with E-state index < -0.39 is 0 Å². The number of benzene rings is 2. The number of hydrogen-bond acceptors (Lipinski definition) is 2. The predicted molar refractivity (Wildman–Crippen MR) is 92.0 cm³/mol. The second-order valence-corrected chi connectivity index (χ2v) is 6.82. The second-order valence-electron chi connectivity index (χ2n) is 6.82. The summed E-state index contributed by atoms with van der Waals surface area (Å²) in [5.74, 6) is 1.26. The fourth-order valence-corrected chi connectivity index (χ4v) is 4.09. The molecule has 1 saturated heterocycles. The molecule has 2 aromatic carbocycles. The first-order valence-corrected chi connectivity index (χ1v) is 8.43. The number of rotatable bonds is 2. The van der Waals surface area contributed by atoms with E-state index in [4.69, 9.17) is 5.73 Å². The van der Waals surface area contributed by atoms with Crippen LogP contribution in [-0.2, 0) is 0 Å². The number of hydrogen-bond donors (Lipinski definition) is 1. The van der Waals surface area contributed by atoms with E-state index >= 15 is 0 Å². The van der Waals surface area contributed by atoms with E-state index in [1.807, 2.05) is 47.4 Å². The molecule has 2 aliphatic rings. The Kier molecular flexibility index (Phi) is 3.66. The Bertz CT molecular complexity index is 695. The van der Waals surface area contributed by atoms with Crippen LogP contribution >= 0.6 is 0 Å². The molecular formula is C20H22N2O. The highest BCUT2D eigenvalue weighted by Gasteiger charge is 2.42. The van der Waals surface area contributed by atoms with Gasteiger partial charge in [0.1, 0.15) is 0 Å². The average Bonchev–Trinajstić information content (AvgIpc) is 3.18. The zero-order chi connectivity index (χ0) is 15.8. The Morgan fingerprint density at radius 2 is 1.61 bits per heavy atom. The number of amides is 1. The average molecular weight is 306 g/mol. The van der Waals surface area contributed by atoms with Crippen molar-refractivity contribution in [3.8, 4) is 11.1 Å². The molecule has 23 heavy (non-hydrogen) atoms. The minimum Gasteiger partial charge on any atom is -0.338 e. The van der Waals surface area contributed by atoms with Gasteiger partial charge in [0, 0.05) is 24.7 Å². The Labute approximate surface area is 137 Å². The van der Waals surface area contributed by atoms with E-state index in [-0.39, 0.29) is 11.9 Å². The lowest BCUT2D eigenvalue weighted by atomic mass is 9.98. The van der Waals surface area contributed by atoms with Crippen molar-refractivity contribution in [3.63, 3.8) is 0 Å². The van der Waals surface area contributed by atoms with Crippen LogP contribution in [0.15, 0.2) is 54.6 Å². The van der Waals surface area contributed by atoms with Crippen LogP contribution < -0.4 is 5.73 Å². The fourth-order valence-electron chi connectivity index (χ4n) is 4.09. The van der Waals surface area contributed by atoms with E-state index in [0.717, 1.165) is 30.6 Å². The normalized spacial score (nSPS) is 26.3. The first kappa shape index (κ1) is 14.5. The maximum Gasteiger partial charge on any atom is 0.253 e. The SMILES string of the molecule is NC1CCC2CN(C(=O)c3ccc(-c4ccccc4)cc3)CC12. The Morgan fingerprint density at radius 3 is 2.30 bits per heavy atom. The van der Waals surface area contributed by atoms with Crippen molar-refractivity contribution >= 4 is 5.91 Å². The van der Waals surface area contributed by atoms with Gasteiger partial charge in [0.2, 0.25) is 0 Å².